The van der Waals surface area contributed by atoms with Crippen molar-refractivity contribution in [1.29, 1.82) is 0 Å². The van der Waals surface area contributed by atoms with Crippen LogP contribution in [0.3, 0.4) is 0 Å². The Kier molecular flexibility index (Phi) is 2.81. The van der Waals surface area contributed by atoms with Crippen molar-refractivity contribution < 1.29 is 14.3 Å². The monoisotopic (exact) mass is 216 g/mol. The number of carbonyl (C=O) groups is 1. The maximum atomic E-state index is 13.4. The molecule has 0 aromatic heterocycles. The minimum atomic E-state index is -1.24. The topological polar surface area (TPSA) is 37.3 Å². The van der Waals surface area contributed by atoms with Gasteiger partial charge in [-0.1, -0.05) is 17.7 Å². The SMILES string of the molecule is CC(C)(C(=O)O)c1ccc(Cl)cc1F. The van der Waals surface area contributed by atoms with Crippen LogP contribution in [0, 0.1) is 5.82 Å². The van der Waals surface area contributed by atoms with Gasteiger partial charge in [0.25, 0.3) is 0 Å². The second-order valence-corrected chi connectivity index (χ2v) is 3.99. The number of aliphatic carboxylic acids is 1. The third-order valence-electron chi connectivity index (χ3n) is 2.14. The number of carboxylic acid groups (broad SMARTS) is 1. The number of hydrogen-bond donors (Lipinski definition) is 1. The minimum Gasteiger partial charge on any atom is -0.481 e. The van der Waals surface area contributed by atoms with Gasteiger partial charge in [-0.2, -0.15) is 0 Å². The summed E-state index contributed by atoms with van der Waals surface area (Å²) in [6.07, 6.45) is 0. The van der Waals surface area contributed by atoms with Crippen LogP contribution in [-0.4, -0.2) is 11.1 Å². The van der Waals surface area contributed by atoms with Crippen LogP contribution in [0.4, 0.5) is 4.39 Å². The Bertz CT molecular complexity index is 374. The highest BCUT2D eigenvalue weighted by Crippen LogP contribution is 2.27. The lowest BCUT2D eigenvalue weighted by molar-refractivity contribution is -0.142. The molecule has 14 heavy (non-hydrogen) atoms. The Morgan fingerprint density at radius 1 is 1.50 bits per heavy atom. The predicted molar refractivity (Wildman–Crippen MR) is 52.1 cm³/mol. The van der Waals surface area contributed by atoms with Crippen molar-refractivity contribution in [1.82, 2.24) is 0 Å². The zero-order chi connectivity index (χ0) is 10.9. The molecular weight excluding hydrogens is 207 g/mol. The van der Waals surface area contributed by atoms with Crippen LogP contribution in [0.1, 0.15) is 19.4 Å². The number of carboxylic acids is 1. The van der Waals surface area contributed by atoms with E-state index in [1.807, 2.05) is 0 Å². The maximum Gasteiger partial charge on any atom is 0.313 e. The normalized spacial score (nSPS) is 11.4. The van der Waals surface area contributed by atoms with Gasteiger partial charge in [0.05, 0.1) is 5.41 Å². The lowest BCUT2D eigenvalue weighted by Crippen LogP contribution is -2.29. The summed E-state index contributed by atoms with van der Waals surface area (Å²) in [4.78, 5) is 10.9. The molecule has 1 rings (SSSR count). The molecule has 0 aliphatic heterocycles. The molecule has 2 nitrogen and oxygen atoms in total. The lowest BCUT2D eigenvalue weighted by atomic mass is 9.84. The van der Waals surface area contributed by atoms with Crippen LogP contribution in [0.15, 0.2) is 18.2 Å². The number of halogens is 2. The van der Waals surface area contributed by atoms with Gasteiger partial charge >= 0.3 is 5.97 Å². The summed E-state index contributed by atoms with van der Waals surface area (Å²) < 4.78 is 13.4. The Balaban J connectivity index is 3.26. The Labute approximate surface area is 86.3 Å². The molecule has 0 aliphatic rings. The van der Waals surface area contributed by atoms with Crippen molar-refractivity contribution in [2.45, 2.75) is 19.3 Å². The maximum absolute atomic E-state index is 13.4. The average Bonchev–Trinajstić information content (AvgIpc) is 2.02. The van der Waals surface area contributed by atoms with Gasteiger partial charge in [0.1, 0.15) is 5.82 Å². The fourth-order valence-corrected chi connectivity index (χ4v) is 1.27. The first-order valence-electron chi connectivity index (χ1n) is 4.04. The number of hydrogen-bond acceptors (Lipinski definition) is 1. The molecule has 1 N–H and O–H groups in total. The molecule has 0 saturated carbocycles. The molecule has 76 valence electrons. The van der Waals surface area contributed by atoms with Crippen molar-refractivity contribution in [3.8, 4) is 0 Å². The van der Waals surface area contributed by atoms with Gasteiger partial charge in [-0.05, 0) is 26.0 Å². The predicted octanol–water partition coefficient (Wildman–Crippen LogP) is 2.84. The third kappa shape index (κ3) is 1.87. The number of rotatable bonds is 2. The van der Waals surface area contributed by atoms with Gasteiger partial charge in [-0.15, -0.1) is 0 Å². The van der Waals surface area contributed by atoms with Gasteiger partial charge in [0.2, 0.25) is 0 Å². The quantitative estimate of drug-likeness (QED) is 0.826. The van der Waals surface area contributed by atoms with E-state index in [1.54, 1.807) is 0 Å². The van der Waals surface area contributed by atoms with Crippen LogP contribution >= 0.6 is 11.6 Å². The molecule has 0 radical (unpaired) electrons. The van der Waals surface area contributed by atoms with Crippen molar-refractivity contribution in [3.05, 3.63) is 34.6 Å². The molecule has 0 heterocycles. The summed E-state index contributed by atoms with van der Waals surface area (Å²) in [7, 11) is 0. The van der Waals surface area contributed by atoms with E-state index in [2.05, 4.69) is 0 Å². The zero-order valence-corrected chi connectivity index (χ0v) is 8.60. The molecule has 0 fully saturated rings. The van der Waals surface area contributed by atoms with Crippen molar-refractivity contribution in [3.63, 3.8) is 0 Å². The van der Waals surface area contributed by atoms with E-state index < -0.39 is 17.2 Å². The highest BCUT2D eigenvalue weighted by Gasteiger charge is 2.32. The van der Waals surface area contributed by atoms with Crippen LogP contribution in [0.2, 0.25) is 5.02 Å². The van der Waals surface area contributed by atoms with E-state index >= 15 is 0 Å². The largest absolute Gasteiger partial charge is 0.481 e. The first-order valence-corrected chi connectivity index (χ1v) is 4.42. The fourth-order valence-electron chi connectivity index (χ4n) is 1.11. The molecule has 1 aromatic rings. The fraction of sp³-hybridized carbons (Fsp3) is 0.300. The summed E-state index contributed by atoms with van der Waals surface area (Å²) >= 11 is 5.56. The summed E-state index contributed by atoms with van der Waals surface area (Å²) in [5.41, 5.74) is -1.11. The van der Waals surface area contributed by atoms with Crippen molar-refractivity contribution >= 4 is 17.6 Å². The Hall–Kier alpha value is -1.09. The number of benzene rings is 1. The molecule has 0 aliphatic carbocycles. The molecule has 0 atom stereocenters. The molecule has 0 bridgehead atoms. The summed E-state index contributed by atoms with van der Waals surface area (Å²) in [5, 5.41) is 9.15. The van der Waals surface area contributed by atoms with Gasteiger partial charge in [0.15, 0.2) is 0 Å². The summed E-state index contributed by atoms with van der Waals surface area (Å²) in [5.74, 6) is -1.66. The Morgan fingerprint density at radius 3 is 2.50 bits per heavy atom. The second kappa shape index (κ2) is 3.58. The van der Waals surface area contributed by atoms with Crippen LogP contribution in [-0.2, 0) is 10.2 Å². The van der Waals surface area contributed by atoms with Crippen molar-refractivity contribution in [2.75, 3.05) is 0 Å². The van der Waals surface area contributed by atoms with Crippen molar-refractivity contribution in [2.24, 2.45) is 0 Å². The molecule has 0 unspecified atom stereocenters. The van der Waals surface area contributed by atoms with Crippen LogP contribution < -0.4 is 0 Å². The van der Waals surface area contributed by atoms with Crippen LogP contribution in [0.25, 0.3) is 0 Å². The molecule has 0 saturated heterocycles. The smallest absolute Gasteiger partial charge is 0.313 e. The Morgan fingerprint density at radius 2 is 2.07 bits per heavy atom. The van der Waals surface area contributed by atoms with E-state index in [0.29, 0.717) is 0 Å². The first kappa shape index (κ1) is 11.0. The highest BCUT2D eigenvalue weighted by atomic mass is 35.5. The van der Waals surface area contributed by atoms with Gasteiger partial charge < -0.3 is 5.11 Å². The molecule has 0 amide bonds. The molecular formula is C10H10ClFO2. The van der Waals surface area contributed by atoms with E-state index in [9.17, 15) is 9.18 Å². The minimum absolute atomic E-state index is 0.134. The van der Waals surface area contributed by atoms with E-state index in [-0.39, 0.29) is 10.6 Å². The van der Waals surface area contributed by atoms with E-state index in [0.717, 1.165) is 6.07 Å². The standard InChI is InChI=1S/C10H10ClFO2/c1-10(2,9(13)14)7-4-3-6(11)5-8(7)12/h3-5H,1-2H3,(H,13,14). The second-order valence-electron chi connectivity index (χ2n) is 3.55. The van der Waals surface area contributed by atoms with Gasteiger partial charge in [-0.3, -0.25) is 4.79 Å². The molecule has 0 spiro atoms. The molecule has 1 aromatic carbocycles. The third-order valence-corrected chi connectivity index (χ3v) is 2.37. The first-order chi connectivity index (χ1) is 6.35. The summed E-state index contributed by atoms with van der Waals surface area (Å²) in [6, 6.07) is 3.98. The van der Waals surface area contributed by atoms with Crippen LogP contribution in [0.5, 0.6) is 0 Å². The van der Waals surface area contributed by atoms with E-state index in [1.165, 1.54) is 26.0 Å². The van der Waals surface area contributed by atoms with Gasteiger partial charge in [0, 0.05) is 10.6 Å². The van der Waals surface area contributed by atoms with Gasteiger partial charge in [-0.25, -0.2) is 4.39 Å². The molecule has 4 heteroatoms. The average molecular weight is 217 g/mol. The highest BCUT2D eigenvalue weighted by molar-refractivity contribution is 6.30. The van der Waals surface area contributed by atoms with E-state index in [4.69, 9.17) is 16.7 Å². The zero-order valence-electron chi connectivity index (χ0n) is 7.84. The summed E-state index contributed by atoms with van der Waals surface area (Å²) in [6.45, 7) is 2.89. The lowest BCUT2D eigenvalue weighted by Gasteiger charge is -2.20.